The quantitative estimate of drug-likeness (QED) is 0.392. The minimum Gasteiger partial charge on any atom is -0.396 e. The Labute approximate surface area is 80.1 Å². The van der Waals surface area contributed by atoms with Crippen LogP contribution in [-0.4, -0.2) is 36.3 Å². The number of aliphatic hydroxyl groups is 1. The molecule has 6 N–H and O–H groups in total. The molecule has 0 rings (SSSR count). The third-order valence-corrected chi connectivity index (χ3v) is 5.59. The van der Waals surface area contributed by atoms with E-state index in [0.29, 0.717) is 0 Å². The van der Waals surface area contributed by atoms with Crippen LogP contribution < -0.4 is 5.73 Å². The second kappa shape index (κ2) is 4.38. The van der Waals surface area contributed by atoms with E-state index in [4.69, 9.17) is 30.4 Å². The van der Waals surface area contributed by atoms with Gasteiger partial charge in [0.2, 0.25) is 5.02 Å². The Kier molecular flexibility index (Phi) is 4.45. The van der Waals surface area contributed by atoms with E-state index in [1.54, 1.807) is 0 Å². The Balaban J connectivity index is 5.08. The first kappa shape index (κ1) is 14.2. The number of rotatable bonds is 5. The monoisotopic (exact) mass is 248 g/mol. The molecule has 0 fully saturated rings. The summed E-state index contributed by atoms with van der Waals surface area (Å²) >= 11 is 0. The molecule has 0 aliphatic carbocycles. The van der Waals surface area contributed by atoms with Crippen molar-refractivity contribution >= 4 is 15.2 Å². The van der Waals surface area contributed by atoms with E-state index in [1.165, 1.54) is 0 Å². The molecule has 14 heavy (non-hydrogen) atoms. The molecule has 0 atom stereocenters. The van der Waals surface area contributed by atoms with E-state index in [9.17, 15) is 9.13 Å². The molecule has 0 saturated heterocycles. The Morgan fingerprint density at radius 3 is 1.64 bits per heavy atom. The van der Waals surface area contributed by atoms with Crippen LogP contribution in [0.25, 0.3) is 0 Å². The van der Waals surface area contributed by atoms with Crippen molar-refractivity contribution in [1.82, 2.24) is 5.73 Å². The minimum absolute atomic E-state index is 0.264. The maximum absolute atomic E-state index is 10.7. The molecule has 0 aromatic carbocycles. The molecule has 0 saturated carbocycles. The zero-order valence-electron chi connectivity index (χ0n) is 7.07. The molecule has 0 aromatic heterocycles. The standard InChI is InChI=1S/C4H12NO7P2/c5-4(2-1-3-6,13(7,8)9)14(10,11)12/h5-6H,1-3H2,(H2,7,8,9)(H2,10,11,12). The lowest BCUT2D eigenvalue weighted by Crippen LogP contribution is -2.30. The lowest BCUT2D eigenvalue weighted by atomic mass is 10.3. The van der Waals surface area contributed by atoms with Crippen LogP contribution in [0.2, 0.25) is 0 Å². The minimum atomic E-state index is -5.25. The highest BCUT2D eigenvalue weighted by Crippen LogP contribution is 2.68. The number of hydrogen-bond acceptors (Lipinski definition) is 3. The Morgan fingerprint density at radius 1 is 1.07 bits per heavy atom. The van der Waals surface area contributed by atoms with Crippen LogP contribution in [0, 0.1) is 0 Å². The predicted molar refractivity (Wildman–Crippen MR) is 46.2 cm³/mol. The van der Waals surface area contributed by atoms with Gasteiger partial charge in [-0.15, -0.1) is 0 Å². The summed E-state index contributed by atoms with van der Waals surface area (Å²) in [4.78, 5) is 34.6. The van der Waals surface area contributed by atoms with Gasteiger partial charge in [0, 0.05) is 6.61 Å². The van der Waals surface area contributed by atoms with Crippen molar-refractivity contribution in [3.05, 3.63) is 0 Å². The first-order valence-electron chi connectivity index (χ1n) is 3.53. The molecule has 8 nitrogen and oxygen atoms in total. The summed E-state index contributed by atoms with van der Waals surface area (Å²) < 4.78 is 21.5. The van der Waals surface area contributed by atoms with Crippen molar-refractivity contribution in [3.63, 3.8) is 0 Å². The summed E-state index contributed by atoms with van der Waals surface area (Å²) in [6, 6.07) is 0. The fraction of sp³-hybridized carbons (Fsp3) is 1.00. The first-order valence-corrected chi connectivity index (χ1v) is 6.76. The second-order valence-corrected chi connectivity index (χ2v) is 6.79. The summed E-state index contributed by atoms with van der Waals surface area (Å²) in [6.45, 7) is -0.499. The van der Waals surface area contributed by atoms with Gasteiger partial charge in [-0.3, -0.25) is 9.13 Å². The molecule has 1 radical (unpaired) electrons. The SMILES string of the molecule is [NH]C(CCCO)(P(=O)(O)O)P(=O)(O)O. The zero-order valence-corrected chi connectivity index (χ0v) is 8.86. The van der Waals surface area contributed by atoms with Gasteiger partial charge in [0.25, 0.3) is 0 Å². The fourth-order valence-corrected chi connectivity index (χ4v) is 3.04. The second-order valence-electron chi connectivity index (χ2n) is 2.73. The van der Waals surface area contributed by atoms with Gasteiger partial charge in [0.1, 0.15) is 0 Å². The molecule has 0 spiro atoms. The largest absolute Gasteiger partial charge is 0.396 e. The molecule has 85 valence electrons. The normalized spacial score (nSPS) is 14.4. The van der Waals surface area contributed by atoms with Crippen molar-refractivity contribution in [1.29, 1.82) is 0 Å². The van der Waals surface area contributed by atoms with Gasteiger partial charge < -0.3 is 24.7 Å². The van der Waals surface area contributed by atoms with Crippen LogP contribution in [0.5, 0.6) is 0 Å². The lowest BCUT2D eigenvalue weighted by Gasteiger charge is -2.29. The van der Waals surface area contributed by atoms with Crippen molar-refractivity contribution in [2.75, 3.05) is 6.61 Å². The van der Waals surface area contributed by atoms with Crippen molar-refractivity contribution < 1.29 is 33.8 Å². The Bertz CT molecular complexity index is 257. The summed E-state index contributed by atoms with van der Waals surface area (Å²) in [5, 5.41) is 5.22. The number of nitrogens with one attached hydrogen (secondary N) is 1. The van der Waals surface area contributed by atoms with E-state index >= 15 is 0 Å². The van der Waals surface area contributed by atoms with E-state index < -0.39 is 33.2 Å². The van der Waals surface area contributed by atoms with Crippen molar-refractivity contribution in [3.8, 4) is 0 Å². The topological polar surface area (TPSA) is 159 Å². The molecule has 0 unspecified atom stereocenters. The lowest BCUT2D eigenvalue weighted by molar-refractivity contribution is 0.261. The fourth-order valence-electron chi connectivity index (χ4n) is 0.787. The van der Waals surface area contributed by atoms with Crippen LogP contribution in [0.1, 0.15) is 12.8 Å². The Hall–Kier alpha value is 0.220. The third kappa shape index (κ3) is 2.85. The van der Waals surface area contributed by atoms with Gasteiger partial charge in [-0.25, -0.2) is 5.73 Å². The molecule has 0 aliphatic rings. The number of hydrogen-bond donors (Lipinski definition) is 5. The first-order chi connectivity index (χ1) is 6.06. The van der Waals surface area contributed by atoms with Crippen LogP contribution in [-0.2, 0) is 9.13 Å². The highest BCUT2D eigenvalue weighted by molar-refractivity contribution is 7.72. The Morgan fingerprint density at radius 2 is 1.43 bits per heavy atom. The van der Waals surface area contributed by atoms with Gasteiger partial charge in [0.15, 0.2) is 0 Å². The molecule has 0 aliphatic heterocycles. The van der Waals surface area contributed by atoms with Crippen LogP contribution in [0.4, 0.5) is 0 Å². The summed E-state index contributed by atoms with van der Waals surface area (Å²) in [6.07, 6.45) is -1.03. The van der Waals surface area contributed by atoms with Gasteiger partial charge in [-0.1, -0.05) is 0 Å². The molecule has 0 bridgehead atoms. The van der Waals surface area contributed by atoms with Crippen LogP contribution >= 0.6 is 15.2 Å². The van der Waals surface area contributed by atoms with Gasteiger partial charge >= 0.3 is 15.2 Å². The van der Waals surface area contributed by atoms with Crippen molar-refractivity contribution in [2.45, 2.75) is 17.9 Å². The molecule has 0 aromatic rings. The third-order valence-electron chi connectivity index (χ3n) is 1.65. The van der Waals surface area contributed by atoms with E-state index in [1.807, 2.05) is 0 Å². The molecule has 0 heterocycles. The maximum Gasteiger partial charge on any atom is 0.359 e. The molecule has 10 heteroatoms. The van der Waals surface area contributed by atoms with E-state index in [2.05, 4.69) is 0 Å². The molecular weight excluding hydrogens is 236 g/mol. The average Bonchev–Trinajstić information content (AvgIpc) is 1.95. The van der Waals surface area contributed by atoms with Gasteiger partial charge in [-0.2, -0.15) is 0 Å². The zero-order chi connectivity index (χ0) is 11.6. The van der Waals surface area contributed by atoms with Gasteiger partial charge in [-0.05, 0) is 12.8 Å². The number of aliphatic hydroxyl groups excluding tert-OH is 1. The van der Waals surface area contributed by atoms with E-state index in [-0.39, 0.29) is 6.42 Å². The average molecular weight is 248 g/mol. The van der Waals surface area contributed by atoms with Gasteiger partial charge in [0.05, 0.1) is 0 Å². The van der Waals surface area contributed by atoms with Crippen molar-refractivity contribution in [2.24, 2.45) is 0 Å². The highest BCUT2D eigenvalue weighted by atomic mass is 31.2. The smallest absolute Gasteiger partial charge is 0.359 e. The summed E-state index contributed by atoms with van der Waals surface area (Å²) in [7, 11) is -10.5. The summed E-state index contributed by atoms with van der Waals surface area (Å²) in [5.74, 6) is 0. The maximum atomic E-state index is 10.7. The molecule has 0 amide bonds. The predicted octanol–water partition coefficient (Wildman–Crippen LogP) is -0.949. The van der Waals surface area contributed by atoms with Crippen LogP contribution in [0.15, 0.2) is 0 Å². The molecular formula is C4H12NO7P2. The summed E-state index contributed by atoms with van der Waals surface area (Å²) in [5.41, 5.74) is 7.09. The van der Waals surface area contributed by atoms with E-state index in [0.717, 1.165) is 0 Å². The van der Waals surface area contributed by atoms with Crippen LogP contribution in [0.3, 0.4) is 0 Å². The highest BCUT2D eigenvalue weighted by Gasteiger charge is 2.57.